The highest BCUT2D eigenvalue weighted by Crippen LogP contribution is 2.46. The van der Waals surface area contributed by atoms with Gasteiger partial charge in [0.2, 0.25) is 11.6 Å². The van der Waals surface area contributed by atoms with Crippen molar-refractivity contribution in [3.8, 4) is 40.6 Å². The van der Waals surface area contributed by atoms with Crippen LogP contribution in [0.4, 0.5) is 0 Å². The van der Waals surface area contributed by atoms with Crippen LogP contribution in [0.15, 0.2) is 66.1 Å². The van der Waals surface area contributed by atoms with Gasteiger partial charge in [-0.05, 0) is 30.7 Å². The van der Waals surface area contributed by atoms with Gasteiger partial charge in [0, 0.05) is 17.2 Å². The molecule has 0 amide bonds. The van der Waals surface area contributed by atoms with Crippen molar-refractivity contribution in [1.82, 2.24) is 0 Å². The van der Waals surface area contributed by atoms with Crippen LogP contribution >= 0.6 is 0 Å². The Morgan fingerprint density at radius 1 is 0.974 bits per heavy atom. The van der Waals surface area contributed by atoms with Crippen LogP contribution in [-0.4, -0.2) is 33.9 Å². The Balaban J connectivity index is 1.68. The monoisotopic (exact) mass is 530 g/mol. The van der Waals surface area contributed by atoms with E-state index in [1.807, 2.05) is 24.3 Å². The number of methoxy groups -OCH3 is 3. The van der Waals surface area contributed by atoms with Crippen molar-refractivity contribution in [2.75, 3.05) is 27.9 Å². The topological polar surface area (TPSA) is 122 Å². The summed E-state index contributed by atoms with van der Waals surface area (Å²) in [6.07, 6.45) is 1.90. The standard InChI is InChI=1S/C30H30N2O7/c1-5-6-13-37-23-10-8-7-9-20(23)27-21-12-11-19(16-24(21)39-29(32)22(27)17-31)38-30(33)18-14-25(34-2)28(36-4)26(15-18)35-3/h7-12,14-16,27H,5-6,13,32H2,1-4H3. The van der Waals surface area contributed by atoms with Crippen molar-refractivity contribution in [3.05, 3.63) is 82.7 Å². The molecule has 2 N–H and O–H groups in total. The summed E-state index contributed by atoms with van der Waals surface area (Å²) in [5.74, 6) is 1.09. The lowest BCUT2D eigenvalue weighted by molar-refractivity contribution is 0.0733. The molecule has 0 bridgehead atoms. The molecule has 0 aliphatic carbocycles. The first-order valence-corrected chi connectivity index (χ1v) is 12.4. The Labute approximate surface area is 227 Å². The summed E-state index contributed by atoms with van der Waals surface area (Å²) in [5.41, 5.74) is 8.14. The van der Waals surface area contributed by atoms with Gasteiger partial charge >= 0.3 is 5.97 Å². The van der Waals surface area contributed by atoms with Crippen LogP contribution in [-0.2, 0) is 0 Å². The summed E-state index contributed by atoms with van der Waals surface area (Å²) >= 11 is 0. The van der Waals surface area contributed by atoms with Gasteiger partial charge in [0.15, 0.2) is 11.5 Å². The molecule has 1 unspecified atom stereocenters. The van der Waals surface area contributed by atoms with Gasteiger partial charge < -0.3 is 34.2 Å². The number of esters is 1. The lowest BCUT2D eigenvalue weighted by Crippen LogP contribution is -2.21. The lowest BCUT2D eigenvalue weighted by atomic mass is 9.83. The summed E-state index contributed by atoms with van der Waals surface area (Å²) in [6, 6.07) is 17.7. The highest BCUT2D eigenvalue weighted by molar-refractivity contribution is 5.92. The van der Waals surface area contributed by atoms with E-state index < -0.39 is 11.9 Å². The van der Waals surface area contributed by atoms with Crippen molar-refractivity contribution in [3.63, 3.8) is 0 Å². The van der Waals surface area contributed by atoms with Gasteiger partial charge in [-0.15, -0.1) is 0 Å². The number of hydrogen-bond donors (Lipinski definition) is 1. The third-order valence-electron chi connectivity index (χ3n) is 6.29. The number of carbonyl (C=O) groups excluding carboxylic acids is 1. The van der Waals surface area contributed by atoms with E-state index in [1.165, 1.54) is 33.5 Å². The van der Waals surface area contributed by atoms with Crippen molar-refractivity contribution in [2.24, 2.45) is 5.73 Å². The molecule has 0 fully saturated rings. The number of ether oxygens (including phenoxy) is 6. The Morgan fingerprint density at radius 3 is 2.33 bits per heavy atom. The maximum Gasteiger partial charge on any atom is 0.343 e. The Hall–Kier alpha value is -4.84. The normalized spacial score (nSPS) is 14.0. The van der Waals surface area contributed by atoms with Gasteiger partial charge in [0.25, 0.3) is 0 Å². The molecule has 1 atom stereocenters. The van der Waals surface area contributed by atoms with Gasteiger partial charge in [-0.2, -0.15) is 5.26 Å². The molecule has 3 aromatic carbocycles. The molecule has 9 heteroatoms. The van der Waals surface area contributed by atoms with Crippen LogP contribution in [0, 0.1) is 11.3 Å². The second-order valence-electron chi connectivity index (χ2n) is 8.67. The predicted molar refractivity (Wildman–Crippen MR) is 144 cm³/mol. The van der Waals surface area contributed by atoms with Crippen LogP contribution in [0.1, 0.15) is 47.2 Å². The Morgan fingerprint density at radius 2 is 1.69 bits per heavy atom. The fourth-order valence-corrected chi connectivity index (χ4v) is 4.36. The third-order valence-corrected chi connectivity index (χ3v) is 6.29. The molecule has 202 valence electrons. The van der Waals surface area contributed by atoms with Crippen LogP contribution < -0.4 is 34.2 Å². The minimum atomic E-state index is -0.641. The number of hydrogen-bond acceptors (Lipinski definition) is 9. The summed E-state index contributed by atoms with van der Waals surface area (Å²) in [6.45, 7) is 2.65. The highest BCUT2D eigenvalue weighted by Gasteiger charge is 2.33. The number of nitrogens with two attached hydrogens (primary N) is 1. The number of fused-ring (bicyclic) bond motifs is 1. The fraction of sp³-hybridized carbons (Fsp3) is 0.267. The molecule has 0 saturated heterocycles. The molecular formula is C30H30N2O7. The van der Waals surface area contributed by atoms with E-state index in [2.05, 4.69) is 13.0 Å². The van der Waals surface area contributed by atoms with E-state index in [1.54, 1.807) is 18.2 Å². The zero-order chi connectivity index (χ0) is 27.9. The maximum absolute atomic E-state index is 13.0. The van der Waals surface area contributed by atoms with Crippen LogP contribution in [0.25, 0.3) is 0 Å². The smallest absolute Gasteiger partial charge is 0.343 e. The largest absolute Gasteiger partial charge is 0.493 e. The minimum Gasteiger partial charge on any atom is -0.493 e. The number of carbonyl (C=O) groups is 1. The molecule has 0 saturated carbocycles. The van der Waals surface area contributed by atoms with Crippen LogP contribution in [0.5, 0.6) is 34.5 Å². The maximum atomic E-state index is 13.0. The zero-order valence-corrected chi connectivity index (χ0v) is 22.3. The molecule has 4 rings (SSSR count). The average Bonchev–Trinajstić information content (AvgIpc) is 2.95. The first kappa shape index (κ1) is 27.2. The molecule has 9 nitrogen and oxygen atoms in total. The van der Waals surface area contributed by atoms with Gasteiger partial charge in [0.05, 0.1) is 39.4 Å². The van der Waals surface area contributed by atoms with Gasteiger partial charge in [-0.1, -0.05) is 37.6 Å². The van der Waals surface area contributed by atoms with Crippen LogP contribution in [0.2, 0.25) is 0 Å². The second kappa shape index (κ2) is 12.1. The van der Waals surface area contributed by atoms with E-state index in [0.717, 1.165) is 18.4 Å². The highest BCUT2D eigenvalue weighted by atomic mass is 16.5. The second-order valence-corrected chi connectivity index (χ2v) is 8.67. The van der Waals surface area contributed by atoms with Crippen molar-refractivity contribution in [1.29, 1.82) is 5.26 Å². The molecular weight excluding hydrogens is 500 g/mol. The van der Waals surface area contributed by atoms with Crippen LogP contribution in [0.3, 0.4) is 0 Å². The number of unbranched alkanes of at least 4 members (excludes halogenated alkanes) is 1. The van der Waals surface area contributed by atoms with E-state index in [0.29, 0.717) is 40.9 Å². The van der Waals surface area contributed by atoms with E-state index in [9.17, 15) is 10.1 Å². The number of nitriles is 1. The third kappa shape index (κ3) is 5.55. The molecule has 0 aromatic heterocycles. The van der Waals surface area contributed by atoms with Crippen molar-refractivity contribution >= 4 is 5.97 Å². The number of nitrogens with zero attached hydrogens (tertiary/aromatic N) is 1. The average molecular weight is 531 g/mol. The summed E-state index contributed by atoms with van der Waals surface area (Å²) in [4.78, 5) is 13.0. The van der Waals surface area contributed by atoms with E-state index in [4.69, 9.17) is 34.2 Å². The molecule has 39 heavy (non-hydrogen) atoms. The van der Waals surface area contributed by atoms with E-state index >= 15 is 0 Å². The summed E-state index contributed by atoms with van der Waals surface area (Å²) < 4.78 is 33.5. The Kier molecular flexibility index (Phi) is 8.46. The molecule has 3 aromatic rings. The van der Waals surface area contributed by atoms with E-state index in [-0.39, 0.29) is 22.8 Å². The molecule has 0 spiro atoms. The molecule has 0 radical (unpaired) electrons. The predicted octanol–water partition coefficient (Wildman–Crippen LogP) is 5.33. The fourth-order valence-electron chi connectivity index (χ4n) is 4.36. The van der Waals surface area contributed by atoms with Gasteiger partial charge in [-0.25, -0.2) is 4.79 Å². The molecule has 1 heterocycles. The number of rotatable bonds is 10. The van der Waals surface area contributed by atoms with Gasteiger partial charge in [-0.3, -0.25) is 0 Å². The molecule has 1 aliphatic rings. The minimum absolute atomic E-state index is 0.0218. The zero-order valence-electron chi connectivity index (χ0n) is 22.3. The quantitative estimate of drug-likeness (QED) is 0.210. The molecule has 1 aliphatic heterocycles. The van der Waals surface area contributed by atoms with Gasteiger partial charge in [0.1, 0.15) is 28.9 Å². The number of benzene rings is 3. The first-order chi connectivity index (χ1) is 18.9. The number of para-hydroxylation sites is 1. The first-order valence-electron chi connectivity index (χ1n) is 12.4. The summed E-state index contributed by atoms with van der Waals surface area (Å²) in [7, 11) is 4.40. The lowest BCUT2D eigenvalue weighted by Gasteiger charge is -2.28. The van der Waals surface area contributed by atoms with Crippen molar-refractivity contribution in [2.45, 2.75) is 25.7 Å². The Bertz CT molecular complexity index is 1420. The van der Waals surface area contributed by atoms with Crippen molar-refractivity contribution < 1.29 is 33.2 Å². The SMILES string of the molecule is CCCCOc1ccccc1C1C(C#N)=C(N)Oc2cc(OC(=O)c3cc(OC)c(OC)c(OC)c3)ccc21. The number of allylic oxidation sites excluding steroid dienone is 1. The summed E-state index contributed by atoms with van der Waals surface area (Å²) in [5, 5.41) is 9.94.